The van der Waals surface area contributed by atoms with E-state index in [0.29, 0.717) is 5.69 Å². The Labute approximate surface area is 174 Å². The molecule has 2 amide bonds. The Bertz CT molecular complexity index is 1160. The van der Waals surface area contributed by atoms with E-state index in [1.165, 1.54) is 18.2 Å². The molecule has 0 saturated carbocycles. The average Bonchev–Trinajstić information content (AvgIpc) is 3.24. The number of aromatic nitrogens is 1. The van der Waals surface area contributed by atoms with Crippen LogP contribution in [0.3, 0.4) is 0 Å². The van der Waals surface area contributed by atoms with Crippen LogP contribution in [0.25, 0.3) is 10.2 Å². The Balaban J connectivity index is 1.49. The molecule has 1 aromatic heterocycles. The molecule has 1 atom stereocenters. The molecule has 2 aromatic carbocycles. The zero-order chi connectivity index (χ0) is 20.7. The molecule has 2 heterocycles. The predicted octanol–water partition coefficient (Wildman–Crippen LogP) is 4.16. The lowest BCUT2D eigenvalue weighted by molar-refractivity contribution is -0.384. The fourth-order valence-electron chi connectivity index (χ4n) is 3.29. The second-order valence-corrected chi connectivity index (χ2v) is 8.34. The van der Waals surface area contributed by atoms with E-state index < -0.39 is 10.8 Å². The summed E-state index contributed by atoms with van der Waals surface area (Å²) in [6, 6.07) is 9.45. The maximum atomic E-state index is 12.6. The molecular formula is C19H15ClN4O4S. The Hall–Kier alpha value is -3.04. The number of carbonyl (C=O) groups is 2. The third kappa shape index (κ3) is 3.79. The van der Waals surface area contributed by atoms with Gasteiger partial charge in [-0.1, -0.05) is 11.6 Å². The van der Waals surface area contributed by atoms with Crippen molar-refractivity contribution in [3.8, 4) is 0 Å². The molecule has 3 aromatic rings. The van der Waals surface area contributed by atoms with Crippen molar-refractivity contribution in [2.45, 2.75) is 13.3 Å². The number of amides is 2. The van der Waals surface area contributed by atoms with Crippen LogP contribution in [0.5, 0.6) is 0 Å². The van der Waals surface area contributed by atoms with Crippen LogP contribution in [0.2, 0.25) is 5.02 Å². The molecule has 0 bridgehead atoms. The summed E-state index contributed by atoms with van der Waals surface area (Å²) in [6.07, 6.45) is 0.0740. The van der Waals surface area contributed by atoms with Gasteiger partial charge in [0.1, 0.15) is 0 Å². The number of benzene rings is 2. The van der Waals surface area contributed by atoms with Crippen molar-refractivity contribution in [1.29, 1.82) is 0 Å². The molecule has 8 nitrogen and oxygen atoms in total. The van der Waals surface area contributed by atoms with Crippen LogP contribution in [0.1, 0.15) is 11.4 Å². The number of fused-ring (bicyclic) bond motifs is 1. The van der Waals surface area contributed by atoms with Gasteiger partial charge < -0.3 is 10.2 Å². The number of nitro groups is 1. The smallest absolute Gasteiger partial charge is 0.271 e. The van der Waals surface area contributed by atoms with Gasteiger partial charge in [-0.3, -0.25) is 19.7 Å². The first-order valence-electron chi connectivity index (χ1n) is 8.74. The van der Waals surface area contributed by atoms with Crippen LogP contribution in [0, 0.1) is 23.0 Å². The number of nitrogens with one attached hydrogen (secondary N) is 1. The highest BCUT2D eigenvalue weighted by atomic mass is 35.5. The summed E-state index contributed by atoms with van der Waals surface area (Å²) in [5, 5.41) is 14.5. The van der Waals surface area contributed by atoms with Gasteiger partial charge in [-0.05, 0) is 31.2 Å². The molecule has 4 rings (SSSR count). The molecule has 148 valence electrons. The summed E-state index contributed by atoms with van der Waals surface area (Å²) in [6.45, 7) is 2.17. The van der Waals surface area contributed by atoms with Crippen molar-refractivity contribution in [3.63, 3.8) is 0 Å². The van der Waals surface area contributed by atoms with E-state index in [-0.39, 0.29) is 41.2 Å². The van der Waals surface area contributed by atoms with Crippen molar-refractivity contribution in [3.05, 3.63) is 56.5 Å². The van der Waals surface area contributed by atoms with Crippen molar-refractivity contribution in [2.24, 2.45) is 5.92 Å². The van der Waals surface area contributed by atoms with E-state index >= 15 is 0 Å². The first-order chi connectivity index (χ1) is 13.8. The molecule has 29 heavy (non-hydrogen) atoms. The minimum absolute atomic E-state index is 0.0677. The molecule has 1 N–H and O–H groups in total. The van der Waals surface area contributed by atoms with Crippen LogP contribution in [-0.4, -0.2) is 28.3 Å². The van der Waals surface area contributed by atoms with E-state index in [1.54, 1.807) is 16.2 Å². The third-order valence-corrected chi connectivity index (χ3v) is 5.97. The lowest BCUT2D eigenvalue weighted by Crippen LogP contribution is -2.28. The highest BCUT2D eigenvalue weighted by Gasteiger charge is 2.35. The van der Waals surface area contributed by atoms with Gasteiger partial charge in [0.2, 0.25) is 11.8 Å². The van der Waals surface area contributed by atoms with Crippen LogP contribution in [-0.2, 0) is 9.59 Å². The lowest BCUT2D eigenvalue weighted by Gasteiger charge is -2.17. The molecule has 0 aliphatic carbocycles. The lowest BCUT2D eigenvalue weighted by atomic mass is 10.1. The fourth-order valence-corrected chi connectivity index (χ4v) is 4.31. The topological polar surface area (TPSA) is 105 Å². The largest absolute Gasteiger partial charge is 0.324 e. The van der Waals surface area contributed by atoms with Gasteiger partial charge in [0.15, 0.2) is 0 Å². The molecule has 1 fully saturated rings. The van der Waals surface area contributed by atoms with E-state index in [4.69, 9.17) is 11.6 Å². The number of carbonyl (C=O) groups excluding carboxylic acids is 2. The van der Waals surface area contributed by atoms with Crippen molar-refractivity contribution in [2.75, 3.05) is 16.8 Å². The number of anilines is 2. The van der Waals surface area contributed by atoms with Gasteiger partial charge in [0.25, 0.3) is 5.69 Å². The highest BCUT2D eigenvalue weighted by molar-refractivity contribution is 7.18. The van der Waals surface area contributed by atoms with E-state index in [2.05, 4.69) is 10.3 Å². The van der Waals surface area contributed by atoms with Gasteiger partial charge >= 0.3 is 0 Å². The summed E-state index contributed by atoms with van der Waals surface area (Å²) in [7, 11) is 0. The van der Waals surface area contributed by atoms with E-state index in [9.17, 15) is 19.7 Å². The van der Waals surface area contributed by atoms with Crippen molar-refractivity contribution in [1.82, 2.24) is 4.98 Å². The molecule has 1 saturated heterocycles. The number of nitrogens with zero attached hydrogens (tertiary/aromatic N) is 3. The standard InChI is InChI=1S/C19H15ClN4O4S/c1-10-21-16-8-12(3-5-17(16)29-10)23-9-11(6-18(23)25)19(26)22-15-4-2-13(24(27)28)7-14(15)20/h2-5,7-8,11H,6,9H2,1H3,(H,22,26). The Kier molecular flexibility index (Phi) is 4.93. The van der Waals surface area contributed by atoms with Crippen LogP contribution < -0.4 is 10.2 Å². The van der Waals surface area contributed by atoms with E-state index in [0.717, 1.165) is 15.2 Å². The third-order valence-electron chi connectivity index (χ3n) is 4.71. The summed E-state index contributed by atoms with van der Waals surface area (Å²) >= 11 is 7.61. The predicted molar refractivity (Wildman–Crippen MR) is 112 cm³/mol. The van der Waals surface area contributed by atoms with Crippen molar-refractivity contribution >= 4 is 62.0 Å². The van der Waals surface area contributed by atoms with Gasteiger partial charge in [-0.15, -0.1) is 11.3 Å². The van der Waals surface area contributed by atoms with Gasteiger partial charge in [0.05, 0.1) is 36.8 Å². The second-order valence-electron chi connectivity index (χ2n) is 6.70. The van der Waals surface area contributed by atoms with Crippen LogP contribution in [0.15, 0.2) is 36.4 Å². The van der Waals surface area contributed by atoms with Gasteiger partial charge in [0, 0.05) is 30.8 Å². The van der Waals surface area contributed by atoms with Crippen LogP contribution >= 0.6 is 22.9 Å². The summed E-state index contributed by atoms with van der Waals surface area (Å²) in [5.74, 6) is -1.06. The van der Waals surface area contributed by atoms with Gasteiger partial charge in [-0.25, -0.2) is 4.98 Å². The minimum Gasteiger partial charge on any atom is -0.324 e. The van der Waals surface area contributed by atoms with Crippen LogP contribution in [0.4, 0.5) is 17.1 Å². The molecule has 1 aliphatic heterocycles. The normalized spacial score (nSPS) is 16.4. The quantitative estimate of drug-likeness (QED) is 0.494. The Morgan fingerprint density at radius 1 is 1.34 bits per heavy atom. The number of hydrogen-bond acceptors (Lipinski definition) is 6. The number of non-ortho nitro benzene ring substituents is 1. The number of thiazole rings is 1. The van der Waals surface area contributed by atoms with Crippen molar-refractivity contribution < 1.29 is 14.5 Å². The molecule has 10 heteroatoms. The molecule has 1 unspecified atom stereocenters. The minimum atomic E-state index is -0.564. The number of halogens is 1. The fraction of sp³-hybridized carbons (Fsp3) is 0.211. The second kappa shape index (κ2) is 7.41. The average molecular weight is 431 g/mol. The van der Waals surface area contributed by atoms with Gasteiger partial charge in [-0.2, -0.15) is 0 Å². The molecule has 0 spiro atoms. The molecular weight excluding hydrogens is 416 g/mol. The maximum Gasteiger partial charge on any atom is 0.271 e. The zero-order valence-corrected chi connectivity index (χ0v) is 16.8. The summed E-state index contributed by atoms with van der Waals surface area (Å²) in [4.78, 5) is 41.4. The number of hydrogen-bond donors (Lipinski definition) is 1. The first kappa shape index (κ1) is 19.3. The summed E-state index contributed by atoms with van der Waals surface area (Å²) < 4.78 is 1.04. The van der Waals surface area contributed by atoms with E-state index in [1.807, 2.05) is 25.1 Å². The Morgan fingerprint density at radius 3 is 2.86 bits per heavy atom. The highest BCUT2D eigenvalue weighted by Crippen LogP contribution is 2.32. The number of nitro benzene ring substituents is 1. The number of rotatable bonds is 4. The summed E-state index contributed by atoms with van der Waals surface area (Å²) in [5.41, 5.74) is 1.63. The maximum absolute atomic E-state index is 12.6. The Morgan fingerprint density at radius 2 is 2.14 bits per heavy atom. The monoisotopic (exact) mass is 430 g/mol. The first-order valence-corrected chi connectivity index (χ1v) is 9.93. The SMILES string of the molecule is Cc1nc2cc(N3CC(C(=O)Nc4ccc([N+](=O)[O-])cc4Cl)CC3=O)ccc2s1. The molecule has 0 radical (unpaired) electrons. The zero-order valence-electron chi connectivity index (χ0n) is 15.2. The number of aryl methyl sites for hydroxylation is 1. The molecule has 1 aliphatic rings.